The topological polar surface area (TPSA) is 101 Å². The zero-order valence-corrected chi connectivity index (χ0v) is 11.0. The summed E-state index contributed by atoms with van der Waals surface area (Å²) in [6.07, 6.45) is 0.743. The predicted molar refractivity (Wildman–Crippen MR) is 64.0 cm³/mol. The number of hydrogen-bond acceptors (Lipinski definition) is 4. The van der Waals surface area contributed by atoms with Gasteiger partial charge in [-0.3, -0.25) is 4.79 Å². The van der Waals surface area contributed by atoms with E-state index in [0.717, 1.165) is 0 Å². The van der Waals surface area contributed by atoms with Crippen LogP contribution in [-0.4, -0.2) is 48.2 Å². The number of nitrogens with zero attached hydrogens (tertiary/aromatic N) is 1. The molecule has 1 rings (SSSR count). The van der Waals surface area contributed by atoms with E-state index in [-0.39, 0.29) is 25.3 Å². The maximum atomic E-state index is 11.9. The summed E-state index contributed by atoms with van der Waals surface area (Å²) < 4.78 is 25.0. The highest BCUT2D eigenvalue weighted by atomic mass is 32.2. The van der Waals surface area contributed by atoms with Crippen molar-refractivity contribution >= 4 is 16.0 Å². The number of carboxylic acids is 1. The SMILES string of the molecule is CC(C)CCS(=O)(=O)N1CCC(N)(C(=O)O)C1. The van der Waals surface area contributed by atoms with Crippen LogP contribution in [0.1, 0.15) is 26.7 Å². The molecule has 3 N–H and O–H groups in total. The summed E-state index contributed by atoms with van der Waals surface area (Å²) >= 11 is 0. The van der Waals surface area contributed by atoms with Crippen molar-refractivity contribution in [3.05, 3.63) is 0 Å². The Bertz CT molecular complexity index is 393. The van der Waals surface area contributed by atoms with Crippen LogP contribution in [-0.2, 0) is 14.8 Å². The Labute approximate surface area is 102 Å². The molecule has 1 aliphatic rings. The first-order chi connectivity index (χ1) is 7.67. The molecule has 0 radical (unpaired) electrons. The van der Waals surface area contributed by atoms with E-state index in [4.69, 9.17) is 10.8 Å². The molecule has 0 amide bonds. The second-order valence-corrected chi connectivity index (χ2v) is 7.13. The lowest BCUT2D eigenvalue weighted by molar-refractivity contribution is -0.142. The number of carbonyl (C=O) groups is 1. The average molecular weight is 264 g/mol. The fraction of sp³-hybridized carbons (Fsp3) is 0.900. The lowest BCUT2D eigenvalue weighted by Crippen LogP contribution is -2.50. The molecule has 0 aromatic heterocycles. The van der Waals surface area contributed by atoms with E-state index < -0.39 is 21.5 Å². The van der Waals surface area contributed by atoms with E-state index in [1.807, 2.05) is 13.8 Å². The summed E-state index contributed by atoms with van der Waals surface area (Å²) in [6.45, 7) is 3.97. The van der Waals surface area contributed by atoms with E-state index in [2.05, 4.69) is 0 Å². The molecule has 0 spiro atoms. The van der Waals surface area contributed by atoms with Crippen molar-refractivity contribution in [1.29, 1.82) is 0 Å². The first-order valence-electron chi connectivity index (χ1n) is 5.67. The van der Waals surface area contributed by atoms with Crippen LogP contribution in [0.15, 0.2) is 0 Å². The van der Waals surface area contributed by atoms with Crippen molar-refractivity contribution in [2.45, 2.75) is 32.2 Å². The standard InChI is InChI=1S/C10H20N2O4S/c1-8(2)3-6-17(15,16)12-5-4-10(11,7-12)9(13)14/h8H,3-7,11H2,1-2H3,(H,13,14). The summed E-state index contributed by atoms with van der Waals surface area (Å²) in [4.78, 5) is 10.9. The maximum Gasteiger partial charge on any atom is 0.325 e. The van der Waals surface area contributed by atoms with Crippen molar-refractivity contribution in [2.75, 3.05) is 18.8 Å². The van der Waals surface area contributed by atoms with Gasteiger partial charge in [0.2, 0.25) is 10.0 Å². The van der Waals surface area contributed by atoms with Gasteiger partial charge in [0.1, 0.15) is 5.54 Å². The molecule has 0 aliphatic carbocycles. The van der Waals surface area contributed by atoms with Crippen LogP contribution in [0.25, 0.3) is 0 Å². The van der Waals surface area contributed by atoms with Gasteiger partial charge in [-0.25, -0.2) is 8.42 Å². The van der Waals surface area contributed by atoms with Gasteiger partial charge in [-0.05, 0) is 18.8 Å². The Morgan fingerprint density at radius 3 is 2.53 bits per heavy atom. The van der Waals surface area contributed by atoms with Crippen molar-refractivity contribution < 1.29 is 18.3 Å². The minimum atomic E-state index is -3.37. The van der Waals surface area contributed by atoms with Crippen molar-refractivity contribution in [3.63, 3.8) is 0 Å². The van der Waals surface area contributed by atoms with E-state index in [1.54, 1.807) is 0 Å². The third-order valence-corrected chi connectivity index (χ3v) is 4.89. The number of aliphatic carboxylic acids is 1. The predicted octanol–water partition coefficient (Wildman–Crippen LogP) is -0.150. The van der Waals surface area contributed by atoms with Gasteiger partial charge in [0.25, 0.3) is 0 Å². The summed E-state index contributed by atoms with van der Waals surface area (Å²) in [6, 6.07) is 0. The number of hydrogen-bond donors (Lipinski definition) is 2. The van der Waals surface area contributed by atoms with Crippen LogP contribution >= 0.6 is 0 Å². The lowest BCUT2D eigenvalue weighted by Gasteiger charge is -2.20. The number of rotatable bonds is 5. The molecule has 1 aliphatic heterocycles. The molecule has 1 unspecified atom stereocenters. The molecule has 6 nitrogen and oxygen atoms in total. The highest BCUT2D eigenvalue weighted by molar-refractivity contribution is 7.89. The second kappa shape index (κ2) is 4.91. The number of nitrogens with two attached hydrogens (primary N) is 1. The van der Waals surface area contributed by atoms with Crippen LogP contribution in [0.3, 0.4) is 0 Å². The molecule has 0 aromatic rings. The third kappa shape index (κ3) is 3.40. The van der Waals surface area contributed by atoms with Crippen LogP contribution in [0.5, 0.6) is 0 Å². The van der Waals surface area contributed by atoms with Crippen LogP contribution in [0, 0.1) is 5.92 Å². The normalized spacial score (nSPS) is 26.6. The molecule has 1 atom stereocenters. The molecule has 1 heterocycles. The van der Waals surface area contributed by atoms with Gasteiger partial charge in [0.05, 0.1) is 5.75 Å². The molecular weight excluding hydrogens is 244 g/mol. The molecule has 17 heavy (non-hydrogen) atoms. The highest BCUT2D eigenvalue weighted by Crippen LogP contribution is 2.22. The molecule has 0 aromatic carbocycles. The molecule has 1 fully saturated rings. The summed E-state index contributed by atoms with van der Waals surface area (Å²) in [5.41, 5.74) is 4.21. The van der Waals surface area contributed by atoms with Crippen LogP contribution in [0.2, 0.25) is 0 Å². The Balaban J connectivity index is 2.67. The van der Waals surface area contributed by atoms with Crippen molar-refractivity contribution in [2.24, 2.45) is 11.7 Å². The molecule has 7 heteroatoms. The van der Waals surface area contributed by atoms with Gasteiger partial charge in [-0.15, -0.1) is 0 Å². The fourth-order valence-corrected chi connectivity index (χ4v) is 3.55. The summed E-state index contributed by atoms with van der Waals surface area (Å²) in [7, 11) is -3.37. The molecule has 0 saturated carbocycles. The highest BCUT2D eigenvalue weighted by Gasteiger charge is 2.44. The summed E-state index contributed by atoms with van der Waals surface area (Å²) in [5, 5.41) is 8.93. The monoisotopic (exact) mass is 264 g/mol. The van der Waals surface area contributed by atoms with Crippen molar-refractivity contribution in [3.8, 4) is 0 Å². The van der Waals surface area contributed by atoms with E-state index >= 15 is 0 Å². The lowest BCUT2D eigenvalue weighted by atomic mass is 10.0. The van der Waals surface area contributed by atoms with Crippen molar-refractivity contribution in [1.82, 2.24) is 4.31 Å². The van der Waals surface area contributed by atoms with Crippen LogP contribution < -0.4 is 5.73 Å². The van der Waals surface area contributed by atoms with Gasteiger partial charge < -0.3 is 10.8 Å². The van der Waals surface area contributed by atoms with E-state index in [0.29, 0.717) is 12.3 Å². The van der Waals surface area contributed by atoms with Gasteiger partial charge in [-0.1, -0.05) is 13.8 Å². The zero-order valence-electron chi connectivity index (χ0n) is 10.2. The number of sulfonamides is 1. The number of carboxylic acid groups (broad SMARTS) is 1. The van der Waals surface area contributed by atoms with Gasteiger partial charge in [0, 0.05) is 13.1 Å². The minimum Gasteiger partial charge on any atom is -0.480 e. The maximum absolute atomic E-state index is 11.9. The fourth-order valence-electron chi connectivity index (χ4n) is 1.72. The average Bonchev–Trinajstić information content (AvgIpc) is 2.60. The largest absolute Gasteiger partial charge is 0.480 e. The molecular formula is C10H20N2O4S. The first kappa shape index (κ1) is 14.4. The Morgan fingerprint density at radius 2 is 2.12 bits per heavy atom. The smallest absolute Gasteiger partial charge is 0.325 e. The molecule has 0 bridgehead atoms. The summed E-state index contributed by atoms with van der Waals surface area (Å²) in [5.74, 6) is -0.783. The van der Waals surface area contributed by atoms with Gasteiger partial charge in [0.15, 0.2) is 0 Å². The Hall–Kier alpha value is -0.660. The third-order valence-electron chi connectivity index (χ3n) is 3.04. The quantitative estimate of drug-likeness (QED) is 0.719. The second-order valence-electron chi connectivity index (χ2n) is 5.04. The minimum absolute atomic E-state index is 0.0559. The molecule has 100 valence electrons. The zero-order chi connectivity index (χ0) is 13.3. The Kier molecular flexibility index (Phi) is 4.16. The molecule has 1 saturated heterocycles. The first-order valence-corrected chi connectivity index (χ1v) is 7.28. The van der Waals surface area contributed by atoms with Crippen LogP contribution in [0.4, 0.5) is 0 Å². The van der Waals surface area contributed by atoms with Gasteiger partial charge in [-0.2, -0.15) is 4.31 Å². The van der Waals surface area contributed by atoms with E-state index in [9.17, 15) is 13.2 Å². The van der Waals surface area contributed by atoms with E-state index in [1.165, 1.54) is 4.31 Å². The van der Waals surface area contributed by atoms with Gasteiger partial charge >= 0.3 is 5.97 Å². The Morgan fingerprint density at radius 1 is 1.53 bits per heavy atom.